The summed E-state index contributed by atoms with van der Waals surface area (Å²) < 4.78 is 1.70. The van der Waals surface area contributed by atoms with Crippen LogP contribution in [-0.2, 0) is 13.5 Å². The molecule has 2 aliphatic carbocycles. The predicted molar refractivity (Wildman–Crippen MR) is 78.5 cm³/mol. The molecule has 110 valence electrons. The average molecular weight is 275 g/mol. The van der Waals surface area contributed by atoms with Crippen molar-refractivity contribution < 1.29 is 4.79 Å². The first-order valence-corrected chi connectivity index (χ1v) is 7.92. The molecule has 2 saturated carbocycles. The van der Waals surface area contributed by atoms with Gasteiger partial charge in [0.15, 0.2) is 0 Å². The van der Waals surface area contributed by atoms with Gasteiger partial charge in [-0.05, 0) is 56.4 Å². The maximum absolute atomic E-state index is 12.4. The zero-order chi connectivity index (χ0) is 14.3. The van der Waals surface area contributed by atoms with Crippen LogP contribution in [0.5, 0.6) is 0 Å². The number of carbonyl (C=O) groups excluding carboxylic acids is 1. The van der Waals surface area contributed by atoms with Crippen molar-refractivity contribution in [3.05, 3.63) is 17.5 Å². The number of aromatic nitrogens is 2. The molecule has 1 amide bonds. The summed E-state index contributed by atoms with van der Waals surface area (Å²) >= 11 is 0. The number of rotatable bonds is 4. The van der Waals surface area contributed by atoms with Gasteiger partial charge in [0.05, 0.1) is 5.69 Å². The van der Waals surface area contributed by atoms with Crippen molar-refractivity contribution in [2.45, 2.75) is 52.0 Å². The maximum atomic E-state index is 12.4. The molecule has 20 heavy (non-hydrogen) atoms. The summed E-state index contributed by atoms with van der Waals surface area (Å²) in [6.45, 7) is 4.22. The van der Waals surface area contributed by atoms with E-state index in [9.17, 15) is 4.79 Å². The molecule has 4 atom stereocenters. The topological polar surface area (TPSA) is 46.9 Å². The number of carbonyl (C=O) groups is 1. The lowest BCUT2D eigenvalue weighted by Gasteiger charge is -2.28. The maximum Gasteiger partial charge on any atom is 0.269 e. The van der Waals surface area contributed by atoms with Gasteiger partial charge in [-0.2, -0.15) is 5.10 Å². The van der Waals surface area contributed by atoms with E-state index in [0.717, 1.165) is 24.0 Å². The SMILES string of the molecule is CCc1cc(C(=O)N[C@@H](C)[C@H]2C[C@@H]3CC[C@@H]2C3)n(C)n1. The molecule has 1 aromatic rings. The standard InChI is InChI=1S/C16H25N3O/c1-4-13-9-15(19(3)18-13)16(20)17-10(2)14-8-11-5-6-12(14)7-11/h9-12,14H,4-8H2,1-3H3,(H,17,20)/t10-,11+,12+,14+/m0/s1. The van der Waals surface area contributed by atoms with Crippen molar-refractivity contribution in [2.75, 3.05) is 0 Å². The van der Waals surface area contributed by atoms with Crippen LogP contribution < -0.4 is 5.32 Å². The Morgan fingerprint density at radius 1 is 1.50 bits per heavy atom. The molecule has 2 aliphatic rings. The summed E-state index contributed by atoms with van der Waals surface area (Å²) in [5.41, 5.74) is 1.65. The van der Waals surface area contributed by atoms with Crippen LogP contribution in [0.2, 0.25) is 0 Å². The van der Waals surface area contributed by atoms with Crippen LogP contribution in [0, 0.1) is 17.8 Å². The first-order valence-electron chi connectivity index (χ1n) is 7.92. The summed E-state index contributed by atoms with van der Waals surface area (Å²) in [6, 6.07) is 2.18. The first-order chi connectivity index (χ1) is 9.58. The molecule has 0 saturated heterocycles. The highest BCUT2D eigenvalue weighted by Crippen LogP contribution is 2.49. The van der Waals surface area contributed by atoms with Crippen molar-refractivity contribution in [1.29, 1.82) is 0 Å². The molecule has 1 aromatic heterocycles. The average Bonchev–Trinajstić information content (AvgIpc) is 3.12. The molecule has 0 unspecified atom stereocenters. The van der Waals surface area contributed by atoms with Gasteiger partial charge in [0.1, 0.15) is 5.69 Å². The normalized spacial score (nSPS) is 29.6. The summed E-state index contributed by atoms with van der Waals surface area (Å²) in [6.07, 6.45) is 6.32. The van der Waals surface area contributed by atoms with E-state index in [2.05, 4.69) is 24.3 Å². The number of hydrogen-bond donors (Lipinski definition) is 1. The Hall–Kier alpha value is -1.32. The molecular formula is C16H25N3O. The van der Waals surface area contributed by atoms with Crippen LogP contribution in [0.4, 0.5) is 0 Å². The lowest BCUT2D eigenvalue weighted by Crippen LogP contribution is -2.40. The van der Waals surface area contributed by atoms with E-state index in [0.29, 0.717) is 11.6 Å². The van der Waals surface area contributed by atoms with Gasteiger partial charge in [0.25, 0.3) is 5.91 Å². The zero-order valence-corrected chi connectivity index (χ0v) is 12.7. The summed E-state index contributed by atoms with van der Waals surface area (Å²) in [7, 11) is 1.84. The molecule has 0 spiro atoms. The Kier molecular flexibility index (Phi) is 3.57. The molecule has 0 aromatic carbocycles. The largest absolute Gasteiger partial charge is 0.348 e. The lowest BCUT2D eigenvalue weighted by atomic mass is 9.84. The Labute approximate surface area is 120 Å². The fourth-order valence-electron chi connectivity index (χ4n) is 4.21. The molecular weight excluding hydrogens is 250 g/mol. The van der Waals surface area contributed by atoms with E-state index in [1.807, 2.05) is 13.1 Å². The highest BCUT2D eigenvalue weighted by Gasteiger charge is 2.42. The number of fused-ring (bicyclic) bond motifs is 2. The van der Waals surface area contributed by atoms with Crippen LogP contribution in [-0.4, -0.2) is 21.7 Å². The number of amides is 1. The fraction of sp³-hybridized carbons (Fsp3) is 0.750. The summed E-state index contributed by atoms with van der Waals surface area (Å²) in [5, 5.41) is 7.55. The highest BCUT2D eigenvalue weighted by molar-refractivity contribution is 5.92. The van der Waals surface area contributed by atoms with Crippen molar-refractivity contribution in [1.82, 2.24) is 15.1 Å². The Bertz CT molecular complexity index is 508. The van der Waals surface area contributed by atoms with Gasteiger partial charge in [-0.25, -0.2) is 0 Å². The van der Waals surface area contributed by atoms with E-state index in [1.54, 1.807) is 4.68 Å². The Balaban J connectivity index is 1.64. The Morgan fingerprint density at radius 3 is 2.85 bits per heavy atom. The summed E-state index contributed by atoms with van der Waals surface area (Å²) in [4.78, 5) is 12.4. The quantitative estimate of drug-likeness (QED) is 0.918. The Morgan fingerprint density at radius 2 is 2.30 bits per heavy atom. The molecule has 0 aliphatic heterocycles. The molecule has 0 radical (unpaired) electrons. The second kappa shape index (κ2) is 5.23. The fourth-order valence-corrected chi connectivity index (χ4v) is 4.21. The van der Waals surface area contributed by atoms with Gasteiger partial charge in [-0.1, -0.05) is 13.3 Å². The molecule has 4 nitrogen and oxygen atoms in total. The minimum atomic E-state index is 0.0231. The minimum Gasteiger partial charge on any atom is -0.348 e. The van der Waals surface area contributed by atoms with Gasteiger partial charge in [0.2, 0.25) is 0 Å². The molecule has 2 bridgehead atoms. The van der Waals surface area contributed by atoms with Gasteiger partial charge >= 0.3 is 0 Å². The second-order valence-electron chi connectivity index (χ2n) is 6.60. The van der Waals surface area contributed by atoms with Crippen LogP contribution in [0.25, 0.3) is 0 Å². The number of nitrogens with one attached hydrogen (secondary N) is 1. The van der Waals surface area contributed by atoms with Crippen LogP contribution in [0.3, 0.4) is 0 Å². The summed E-state index contributed by atoms with van der Waals surface area (Å²) in [5.74, 6) is 2.47. The van der Waals surface area contributed by atoms with Crippen LogP contribution >= 0.6 is 0 Å². The number of nitrogens with zero attached hydrogens (tertiary/aromatic N) is 2. The van der Waals surface area contributed by atoms with Gasteiger partial charge in [-0.3, -0.25) is 9.48 Å². The third kappa shape index (κ3) is 2.36. The predicted octanol–water partition coefficient (Wildman–Crippen LogP) is 2.54. The lowest BCUT2D eigenvalue weighted by molar-refractivity contribution is 0.0905. The number of aryl methyl sites for hydroxylation is 2. The second-order valence-corrected chi connectivity index (χ2v) is 6.60. The van der Waals surface area contributed by atoms with Crippen molar-refractivity contribution in [2.24, 2.45) is 24.8 Å². The van der Waals surface area contributed by atoms with E-state index in [-0.39, 0.29) is 11.9 Å². The molecule has 3 rings (SSSR count). The van der Waals surface area contributed by atoms with E-state index in [1.165, 1.54) is 25.7 Å². The zero-order valence-electron chi connectivity index (χ0n) is 12.7. The van der Waals surface area contributed by atoms with Gasteiger partial charge in [0, 0.05) is 13.1 Å². The molecule has 1 heterocycles. The number of hydrogen-bond acceptors (Lipinski definition) is 2. The minimum absolute atomic E-state index is 0.0231. The van der Waals surface area contributed by atoms with Gasteiger partial charge in [-0.15, -0.1) is 0 Å². The van der Waals surface area contributed by atoms with Crippen LogP contribution in [0.15, 0.2) is 6.07 Å². The third-order valence-corrected chi connectivity index (χ3v) is 5.32. The molecule has 2 fully saturated rings. The van der Waals surface area contributed by atoms with E-state index < -0.39 is 0 Å². The smallest absolute Gasteiger partial charge is 0.269 e. The van der Waals surface area contributed by atoms with E-state index in [4.69, 9.17) is 0 Å². The molecule has 4 heteroatoms. The van der Waals surface area contributed by atoms with Crippen molar-refractivity contribution in [3.63, 3.8) is 0 Å². The molecule has 1 N–H and O–H groups in total. The van der Waals surface area contributed by atoms with E-state index >= 15 is 0 Å². The first kappa shape index (κ1) is 13.7. The van der Waals surface area contributed by atoms with Gasteiger partial charge < -0.3 is 5.32 Å². The third-order valence-electron chi connectivity index (χ3n) is 5.32. The monoisotopic (exact) mass is 275 g/mol. The van der Waals surface area contributed by atoms with Crippen molar-refractivity contribution >= 4 is 5.91 Å². The van der Waals surface area contributed by atoms with Crippen molar-refractivity contribution in [3.8, 4) is 0 Å². The highest BCUT2D eigenvalue weighted by atomic mass is 16.2. The van der Waals surface area contributed by atoms with Crippen LogP contribution in [0.1, 0.15) is 55.7 Å².